The molecule has 0 aliphatic heterocycles. The summed E-state index contributed by atoms with van der Waals surface area (Å²) in [6, 6.07) is 7.49. The first-order valence-corrected chi connectivity index (χ1v) is 6.19. The lowest BCUT2D eigenvalue weighted by Crippen LogP contribution is -2.36. The smallest absolute Gasteiger partial charge is 0.236 e. The van der Waals surface area contributed by atoms with Gasteiger partial charge in [-0.3, -0.25) is 4.79 Å². The van der Waals surface area contributed by atoms with E-state index in [4.69, 9.17) is 16.3 Å². The maximum Gasteiger partial charge on any atom is 0.236 e. The van der Waals surface area contributed by atoms with Crippen molar-refractivity contribution in [1.29, 1.82) is 0 Å². The lowest BCUT2D eigenvalue weighted by molar-refractivity contribution is -0.129. The third-order valence-corrected chi connectivity index (χ3v) is 2.77. The lowest BCUT2D eigenvalue weighted by Gasteiger charge is -2.17. The van der Waals surface area contributed by atoms with Crippen molar-refractivity contribution in [2.24, 2.45) is 0 Å². The summed E-state index contributed by atoms with van der Waals surface area (Å²) in [6.07, 6.45) is 0. The molecule has 100 valence electrons. The van der Waals surface area contributed by atoms with Crippen LogP contribution in [0.2, 0.25) is 5.02 Å². The van der Waals surface area contributed by atoms with Gasteiger partial charge in [-0.05, 0) is 17.7 Å². The summed E-state index contributed by atoms with van der Waals surface area (Å²) >= 11 is 5.81. The van der Waals surface area contributed by atoms with Crippen LogP contribution in [0.3, 0.4) is 0 Å². The molecule has 4 nitrogen and oxygen atoms in total. The Kier molecular flexibility index (Phi) is 6.72. The highest BCUT2D eigenvalue weighted by Gasteiger charge is 2.08. The quantitative estimate of drug-likeness (QED) is 0.764. The molecule has 0 aromatic heterocycles. The first kappa shape index (κ1) is 15.0. The Labute approximate surface area is 113 Å². The van der Waals surface area contributed by atoms with E-state index in [0.29, 0.717) is 31.3 Å². The fraction of sp³-hybridized carbons (Fsp3) is 0.462. The standard InChI is InChI=1S/C13H19ClN2O2/c1-16(13(17)9-15-7-8-18-2)10-11-3-5-12(14)6-4-11/h3-6,15H,7-10H2,1-2H3. The summed E-state index contributed by atoms with van der Waals surface area (Å²) in [5.41, 5.74) is 1.06. The highest BCUT2D eigenvalue weighted by molar-refractivity contribution is 6.30. The minimum Gasteiger partial charge on any atom is -0.383 e. The third-order valence-electron chi connectivity index (χ3n) is 2.52. The molecule has 0 heterocycles. The minimum absolute atomic E-state index is 0.0565. The van der Waals surface area contributed by atoms with E-state index in [9.17, 15) is 4.79 Å². The average molecular weight is 271 g/mol. The van der Waals surface area contributed by atoms with E-state index < -0.39 is 0 Å². The van der Waals surface area contributed by atoms with Crippen molar-refractivity contribution < 1.29 is 9.53 Å². The van der Waals surface area contributed by atoms with Gasteiger partial charge in [0.05, 0.1) is 13.2 Å². The number of nitrogens with one attached hydrogen (secondary N) is 1. The molecule has 1 N–H and O–H groups in total. The van der Waals surface area contributed by atoms with Crippen LogP contribution in [0.25, 0.3) is 0 Å². The predicted molar refractivity (Wildman–Crippen MR) is 72.7 cm³/mol. The molecule has 0 radical (unpaired) electrons. The van der Waals surface area contributed by atoms with E-state index in [0.717, 1.165) is 5.56 Å². The lowest BCUT2D eigenvalue weighted by atomic mass is 10.2. The number of carbonyl (C=O) groups is 1. The molecule has 0 saturated heterocycles. The molecule has 18 heavy (non-hydrogen) atoms. The molecule has 0 fully saturated rings. The van der Waals surface area contributed by atoms with Crippen LogP contribution in [0, 0.1) is 0 Å². The summed E-state index contributed by atoms with van der Waals surface area (Å²) in [5, 5.41) is 3.73. The molecule has 0 aliphatic rings. The maximum absolute atomic E-state index is 11.8. The zero-order chi connectivity index (χ0) is 13.4. The topological polar surface area (TPSA) is 41.6 Å². The molecule has 0 unspecified atom stereocenters. The first-order valence-electron chi connectivity index (χ1n) is 5.81. The van der Waals surface area contributed by atoms with Gasteiger partial charge in [0.25, 0.3) is 0 Å². The van der Waals surface area contributed by atoms with Crippen LogP contribution in [0.1, 0.15) is 5.56 Å². The number of hydrogen-bond acceptors (Lipinski definition) is 3. The van der Waals surface area contributed by atoms with Gasteiger partial charge in [-0.1, -0.05) is 23.7 Å². The summed E-state index contributed by atoms with van der Waals surface area (Å²) < 4.78 is 4.89. The number of halogens is 1. The van der Waals surface area contributed by atoms with Gasteiger partial charge in [0.15, 0.2) is 0 Å². The Bertz CT molecular complexity index is 368. The predicted octanol–water partition coefficient (Wildman–Crippen LogP) is 1.53. The molecule has 0 saturated carbocycles. The average Bonchev–Trinajstić information content (AvgIpc) is 2.37. The second-order valence-corrected chi connectivity index (χ2v) is 4.48. The Morgan fingerprint density at radius 1 is 1.39 bits per heavy atom. The summed E-state index contributed by atoms with van der Waals surface area (Å²) in [7, 11) is 3.42. The van der Waals surface area contributed by atoms with Crippen molar-refractivity contribution >= 4 is 17.5 Å². The van der Waals surface area contributed by atoms with E-state index in [1.165, 1.54) is 0 Å². The molecular weight excluding hydrogens is 252 g/mol. The van der Waals surface area contributed by atoms with Gasteiger partial charge < -0.3 is 15.0 Å². The molecule has 1 aromatic carbocycles. The molecule has 1 rings (SSSR count). The second kappa shape index (κ2) is 8.08. The van der Waals surface area contributed by atoms with E-state index >= 15 is 0 Å². The van der Waals surface area contributed by atoms with Crippen LogP contribution in [-0.4, -0.2) is 44.7 Å². The molecule has 1 amide bonds. The first-order chi connectivity index (χ1) is 8.63. The molecular formula is C13H19ClN2O2. The largest absolute Gasteiger partial charge is 0.383 e. The van der Waals surface area contributed by atoms with E-state index in [1.807, 2.05) is 24.3 Å². The highest BCUT2D eigenvalue weighted by Crippen LogP contribution is 2.10. The number of carbonyl (C=O) groups excluding carboxylic acids is 1. The number of amides is 1. The zero-order valence-corrected chi connectivity index (χ0v) is 11.5. The molecule has 1 aromatic rings. The van der Waals surface area contributed by atoms with Crippen LogP contribution in [-0.2, 0) is 16.1 Å². The van der Waals surface area contributed by atoms with Crippen molar-refractivity contribution in [3.63, 3.8) is 0 Å². The number of benzene rings is 1. The summed E-state index contributed by atoms with van der Waals surface area (Å²) in [6.45, 7) is 2.20. The third kappa shape index (κ3) is 5.49. The van der Waals surface area contributed by atoms with Crippen molar-refractivity contribution in [2.45, 2.75) is 6.54 Å². The van der Waals surface area contributed by atoms with Gasteiger partial charge in [-0.25, -0.2) is 0 Å². The van der Waals surface area contributed by atoms with Gasteiger partial charge in [-0.15, -0.1) is 0 Å². The van der Waals surface area contributed by atoms with Gasteiger partial charge in [0.2, 0.25) is 5.91 Å². The van der Waals surface area contributed by atoms with Crippen molar-refractivity contribution in [3.8, 4) is 0 Å². The van der Waals surface area contributed by atoms with Gasteiger partial charge in [0, 0.05) is 32.3 Å². The SMILES string of the molecule is COCCNCC(=O)N(C)Cc1ccc(Cl)cc1. The minimum atomic E-state index is 0.0565. The molecule has 0 aliphatic carbocycles. The van der Waals surface area contributed by atoms with Crippen LogP contribution in [0.15, 0.2) is 24.3 Å². The molecule has 0 atom stereocenters. The number of rotatable bonds is 7. The fourth-order valence-electron chi connectivity index (χ4n) is 1.46. The summed E-state index contributed by atoms with van der Waals surface area (Å²) in [5.74, 6) is 0.0565. The zero-order valence-electron chi connectivity index (χ0n) is 10.8. The fourth-order valence-corrected chi connectivity index (χ4v) is 1.58. The van der Waals surface area contributed by atoms with E-state index in [2.05, 4.69) is 5.32 Å². The van der Waals surface area contributed by atoms with Crippen molar-refractivity contribution in [3.05, 3.63) is 34.9 Å². The number of nitrogens with zero attached hydrogens (tertiary/aromatic N) is 1. The number of methoxy groups -OCH3 is 1. The maximum atomic E-state index is 11.8. The molecule has 5 heteroatoms. The Balaban J connectivity index is 2.33. The van der Waals surface area contributed by atoms with Gasteiger partial charge in [-0.2, -0.15) is 0 Å². The van der Waals surface area contributed by atoms with Crippen LogP contribution in [0.4, 0.5) is 0 Å². The number of ether oxygens (including phenoxy) is 1. The van der Waals surface area contributed by atoms with E-state index in [1.54, 1.807) is 19.1 Å². The van der Waals surface area contributed by atoms with E-state index in [-0.39, 0.29) is 5.91 Å². The van der Waals surface area contributed by atoms with Gasteiger partial charge >= 0.3 is 0 Å². The second-order valence-electron chi connectivity index (χ2n) is 4.05. The van der Waals surface area contributed by atoms with Crippen LogP contribution < -0.4 is 5.32 Å². The Hall–Kier alpha value is -1.10. The summed E-state index contributed by atoms with van der Waals surface area (Å²) in [4.78, 5) is 13.5. The normalized spacial score (nSPS) is 10.4. The number of hydrogen-bond donors (Lipinski definition) is 1. The van der Waals surface area contributed by atoms with Crippen LogP contribution in [0.5, 0.6) is 0 Å². The molecule has 0 spiro atoms. The van der Waals surface area contributed by atoms with Crippen molar-refractivity contribution in [2.75, 3.05) is 33.9 Å². The highest BCUT2D eigenvalue weighted by atomic mass is 35.5. The Morgan fingerprint density at radius 2 is 2.06 bits per heavy atom. The van der Waals surface area contributed by atoms with Crippen molar-refractivity contribution in [1.82, 2.24) is 10.2 Å². The number of likely N-dealkylation sites (N-methyl/N-ethyl adjacent to an activating group) is 1. The van der Waals surface area contributed by atoms with Gasteiger partial charge in [0.1, 0.15) is 0 Å². The Morgan fingerprint density at radius 3 is 2.67 bits per heavy atom. The van der Waals surface area contributed by atoms with Crippen LogP contribution >= 0.6 is 11.6 Å². The molecule has 0 bridgehead atoms. The monoisotopic (exact) mass is 270 g/mol.